The molecule has 1 saturated carbocycles. The third kappa shape index (κ3) is 3.56. The van der Waals surface area contributed by atoms with Gasteiger partial charge in [-0.05, 0) is 18.4 Å². The topological polar surface area (TPSA) is 33.3 Å². The summed E-state index contributed by atoms with van der Waals surface area (Å²) in [5.41, 5.74) is 1.36. The normalized spacial score (nSPS) is 22.9. The predicted molar refractivity (Wildman–Crippen MR) is 77.1 cm³/mol. The van der Waals surface area contributed by atoms with Gasteiger partial charge >= 0.3 is 0 Å². The molecule has 2 aliphatic rings. The van der Waals surface area contributed by atoms with E-state index in [0.29, 0.717) is 12.3 Å². The molecule has 3 rings (SSSR count). The van der Waals surface area contributed by atoms with Crippen LogP contribution in [0.25, 0.3) is 0 Å². The van der Waals surface area contributed by atoms with Gasteiger partial charge in [-0.2, -0.15) is 0 Å². The average molecular weight is 260 g/mol. The molecular formula is C16H24N2O. The molecule has 0 amide bonds. The molecule has 2 fully saturated rings. The zero-order valence-corrected chi connectivity index (χ0v) is 11.5. The number of ether oxygens (including phenoxy) is 1. The lowest BCUT2D eigenvalue weighted by Gasteiger charge is -2.27. The van der Waals surface area contributed by atoms with Gasteiger partial charge in [0.25, 0.3) is 0 Å². The Balaban J connectivity index is 1.64. The Morgan fingerprint density at radius 1 is 1.05 bits per heavy atom. The Kier molecular flexibility index (Phi) is 4.49. The van der Waals surface area contributed by atoms with Crippen molar-refractivity contribution in [1.82, 2.24) is 10.6 Å². The molecule has 19 heavy (non-hydrogen) atoms. The molecule has 1 aromatic carbocycles. The average Bonchev–Trinajstić information content (AvgIpc) is 3.12. The van der Waals surface area contributed by atoms with Crippen LogP contribution < -0.4 is 10.6 Å². The molecule has 3 heteroatoms. The van der Waals surface area contributed by atoms with E-state index in [4.69, 9.17) is 4.74 Å². The highest BCUT2D eigenvalue weighted by Gasteiger charge is 2.28. The molecule has 1 heterocycles. The minimum atomic E-state index is 0.244. The highest BCUT2D eigenvalue weighted by molar-refractivity contribution is 5.16. The first-order chi connectivity index (χ1) is 9.42. The molecule has 1 aliphatic carbocycles. The van der Waals surface area contributed by atoms with Gasteiger partial charge in [0, 0.05) is 19.5 Å². The molecule has 1 aromatic rings. The zero-order valence-electron chi connectivity index (χ0n) is 11.5. The molecule has 1 saturated heterocycles. The van der Waals surface area contributed by atoms with Gasteiger partial charge < -0.3 is 4.74 Å². The van der Waals surface area contributed by atoms with Crippen molar-refractivity contribution in [3.63, 3.8) is 0 Å². The van der Waals surface area contributed by atoms with Crippen molar-refractivity contribution < 1.29 is 4.74 Å². The first kappa shape index (κ1) is 13.1. The van der Waals surface area contributed by atoms with Gasteiger partial charge in [-0.1, -0.05) is 43.2 Å². The molecule has 0 bridgehead atoms. The van der Waals surface area contributed by atoms with Crippen LogP contribution in [0.15, 0.2) is 30.3 Å². The van der Waals surface area contributed by atoms with Gasteiger partial charge in [-0.3, -0.25) is 10.6 Å². The van der Waals surface area contributed by atoms with Gasteiger partial charge in [0.1, 0.15) is 0 Å². The number of rotatable bonds is 5. The van der Waals surface area contributed by atoms with Gasteiger partial charge in [0.05, 0.1) is 18.4 Å². The molecule has 1 aliphatic heterocycles. The molecule has 1 unspecified atom stereocenters. The molecular weight excluding hydrogens is 236 g/mol. The number of benzene rings is 1. The summed E-state index contributed by atoms with van der Waals surface area (Å²) in [6.45, 7) is 2.09. The summed E-state index contributed by atoms with van der Waals surface area (Å²) in [7, 11) is 0. The Morgan fingerprint density at radius 2 is 1.74 bits per heavy atom. The maximum Gasteiger partial charge on any atom is 0.0903 e. The van der Waals surface area contributed by atoms with Crippen LogP contribution in [0.5, 0.6) is 0 Å². The molecule has 0 spiro atoms. The molecule has 3 nitrogen and oxygen atoms in total. The fourth-order valence-electron chi connectivity index (χ4n) is 3.15. The summed E-state index contributed by atoms with van der Waals surface area (Å²) in [4.78, 5) is 0. The second-order valence-electron chi connectivity index (χ2n) is 5.66. The van der Waals surface area contributed by atoms with Gasteiger partial charge in [-0.15, -0.1) is 0 Å². The smallest absolute Gasteiger partial charge is 0.0903 e. The van der Waals surface area contributed by atoms with E-state index in [1.807, 2.05) is 0 Å². The van der Waals surface area contributed by atoms with Crippen molar-refractivity contribution in [2.45, 2.75) is 50.5 Å². The Morgan fingerprint density at radius 3 is 2.42 bits per heavy atom. The second kappa shape index (κ2) is 6.51. The van der Waals surface area contributed by atoms with E-state index in [9.17, 15) is 0 Å². The van der Waals surface area contributed by atoms with Crippen LogP contribution in [0.4, 0.5) is 0 Å². The summed E-state index contributed by atoms with van der Waals surface area (Å²) in [5.74, 6) is 0. The molecule has 0 radical (unpaired) electrons. The van der Waals surface area contributed by atoms with E-state index in [2.05, 4.69) is 41.0 Å². The highest BCUT2D eigenvalue weighted by atomic mass is 16.5. The lowest BCUT2D eigenvalue weighted by Crippen LogP contribution is -2.46. The molecule has 0 aromatic heterocycles. The van der Waals surface area contributed by atoms with Crippen molar-refractivity contribution >= 4 is 0 Å². The van der Waals surface area contributed by atoms with E-state index in [-0.39, 0.29) is 6.10 Å². The molecule has 1 atom stereocenters. The quantitative estimate of drug-likeness (QED) is 0.850. The van der Waals surface area contributed by atoms with Gasteiger partial charge in [-0.25, -0.2) is 0 Å². The largest absolute Gasteiger partial charge is 0.372 e. The van der Waals surface area contributed by atoms with Crippen LogP contribution in [-0.2, 0) is 11.2 Å². The van der Waals surface area contributed by atoms with Crippen molar-refractivity contribution in [1.29, 1.82) is 0 Å². The first-order valence-corrected chi connectivity index (χ1v) is 7.58. The third-order valence-electron chi connectivity index (χ3n) is 4.17. The van der Waals surface area contributed by atoms with E-state index < -0.39 is 0 Å². The fraction of sp³-hybridized carbons (Fsp3) is 0.625. The van der Waals surface area contributed by atoms with Crippen LogP contribution in [0.1, 0.15) is 31.2 Å². The standard InChI is InChI=1S/C16H24N2O/c1-2-6-13(7-3-1)12-15(16-17-10-11-18-16)19-14-8-4-5-9-14/h1-3,6-7,14-18H,4-5,8-12H2. The van der Waals surface area contributed by atoms with Crippen molar-refractivity contribution in [3.8, 4) is 0 Å². The van der Waals surface area contributed by atoms with Crippen LogP contribution in [0.2, 0.25) is 0 Å². The summed E-state index contributed by atoms with van der Waals surface area (Å²) in [6, 6.07) is 10.7. The van der Waals surface area contributed by atoms with Crippen molar-refractivity contribution in [2.24, 2.45) is 0 Å². The van der Waals surface area contributed by atoms with Crippen LogP contribution >= 0.6 is 0 Å². The number of nitrogens with one attached hydrogen (secondary N) is 2. The second-order valence-corrected chi connectivity index (χ2v) is 5.66. The molecule has 104 valence electrons. The SMILES string of the molecule is c1ccc(CC(OC2CCCC2)C2NCCN2)cc1. The minimum Gasteiger partial charge on any atom is -0.372 e. The van der Waals surface area contributed by atoms with E-state index >= 15 is 0 Å². The van der Waals surface area contributed by atoms with Crippen molar-refractivity contribution in [3.05, 3.63) is 35.9 Å². The monoisotopic (exact) mass is 260 g/mol. The summed E-state index contributed by atoms with van der Waals surface area (Å²) >= 11 is 0. The van der Waals surface area contributed by atoms with E-state index in [1.165, 1.54) is 31.2 Å². The van der Waals surface area contributed by atoms with Crippen molar-refractivity contribution in [2.75, 3.05) is 13.1 Å². The van der Waals surface area contributed by atoms with Crippen LogP contribution in [0, 0.1) is 0 Å². The Bertz CT molecular complexity index is 370. The highest BCUT2D eigenvalue weighted by Crippen LogP contribution is 2.24. The van der Waals surface area contributed by atoms with Crippen LogP contribution in [-0.4, -0.2) is 31.5 Å². The van der Waals surface area contributed by atoms with E-state index in [1.54, 1.807) is 0 Å². The first-order valence-electron chi connectivity index (χ1n) is 7.58. The lowest BCUT2D eigenvalue weighted by atomic mass is 10.1. The predicted octanol–water partition coefficient (Wildman–Crippen LogP) is 2.08. The minimum absolute atomic E-state index is 0.244. The summed E-state index contributed by atoms with van der Waals surface area (Å²) in [5, 5.41) is 7.03. The van der Waals surface area contributed by atoms with E-state index in [0.717, 1.165) is 19.5 Å². The zero-order chi connectivity index (χ0) is 12.9. The number of hydrogen-bond acceptors (Lipinski definition) is 3. The maximum absolute atomic E-state index is 6.37. The molecule has 2 N–H and O–H groups in total. The summed E-state index contributed by atoms with van der Waals surface area (Å²) < 4.78 is 6.37. The Labute approximate surface area is 115 Å². The summed E-state index contributed by atoms with van der Waals surface area (Å²) in [6.07, 6.45) is 7.13. The lowest BCUT2D eigenvalue weighted by molar-refractivity contribution is -0.0280. The van der Waals surface area contributed by atoms with Crippen LogP contribution in [0.3, 0.4) is 0 Å². The Hall–Kier alpha value is -0.900. The van der Waals surface area contributed by atoms with Gasteiger partial charge in [0.15, 0.2) is 0 Å². The maximum atomic E-state index is 6.37. The number of hydrogen-bond donors (Lipinski definition) is 2. The van der Waals surface area contributed by atoms with Gasteiger partial charge in [0.2, 0.25) is 0 Å². The fourth-order valence-corrected chi connectivity index (χ4v) is 3.15. The third-order valence-corrected chi connectivity index (χ3v) is 4.17.